The molecular formula is C50H84O12S. The smallest absolute Gasteiger partial charge is 0.306 e. The van der Waals surface area contributed by atoms with Crippen molar-refractivity contribution >= 4 is 22.1 Å². The van der Waals surface area contributed by atoms with E-state index < -0.39 is 71.2 Å². The van der Waals surface area contributed by atoms with Crippen LogP contribution in [0.3, 0.4) is 0 Å². The summed E-state index contributed by atoms with van der Waals surface area (Å²) in [6.45, 7) is 3.55. The van der Waals surface area contributed by atoms with E-state index in [0.717, 1.165) is 38.5 Å². The molecule has 0 aromatic heterocycles. The van der Waals surface area contributed by atoms with Gasteiger partial charge in [0, 0.05) is 12.8 Å². The molecule has 3 unspecified atom stereocenters. The number of aliphatic hydroxyl groups excluding tert-OH is 3. The second kappa shape index (κ2) is 39.5. The molecule has 1 saturated heterocycles. The zero-order valence-electron chi connectivity index (χ0n) is 38.7. The Labute approximate surface area is 380 Å². The molecule has 1 rings (SSSR count). The van der Waals surface area contributed by atoms with Gasteiger partial charge in [-0.15, -0.1) is 0 Å². The fraction of sp³-hybridized carbons (Fsp3) is 0.720. The summed E-state index contributed by atoms with van der Waals surface area (Å²) in [6.07, 6.45) is 41.1. The van der Waals surface area contributed by atoms with Gasteiger partial charge in [0.1, 0.15) is 36.8 Å². The maximum Gasteiger partial charge on any atom is 0.306 e. The first kappa shape index (κ1) is 58.1. The van der Waals surface area contributed by atoms with Gasteiger partial charge in [-0.25, -0.2) is 0 Å². The van der Waals surface area contributed by atoms with Crippen LogP contribution in [0.25, 0.3) is 0 Å². The molecule has 6 atom stereocenters. The van der Waals surface area contributed by atoms with E-state index in [-0.39, 0.29) is 19.4 Å². The first-order chi connectivity index (χ1) is 30.5. The van der Waals surface area contributed by atoms with Crippen LogP contribution in [0.1, 0.15) is 174 Å². The van der Waals surface area contributed by atoms with Gasteiger partial charge in [0.15, 0.2) is 12.4 Å². The Bertz CT molecular complexity index is 1440. The number of aliphatic hydroxyl groups is 3. The van der Waals surface area contributed by atoms with Crippen LogP contribution in [-0.2, 0) is 38.7 Å². The Kier molecular flexibility index (Phi) is 36.4. The van der Waals surface area contributed by atoms with E-state index in [1.165, 1.54) is 89.9 Å². The maximum atomic E-state index is 12.8. The lowest BCUT2D eigenvalue weighted by molar-refractivity contribution is -0.297. The van der Waals surface area contributed by atoms with Crippen LogP contribution in [-0.4, -0.2) is 96.0 Å². The highest BCUT2D eigenvalue weighted by Crippen LogP contribution is 2.24. The Morgan fingerprint density at radius 2 is 1.03 bits per heavy atom. The third-order valence-corrected chi connectivity index (χ3v) is 11.4. The van der Waals surface area contributed by atoms with Gasteiger partial charge in [0.05, 0.1) is 6.61 Å². The van der Waals surface area contributed by atoms with E-state index in [1.54, 1.807) is 0 Å². The van der Waals surface area contributed by atoms with Gasteiger partial charge in [0.2, 0.25) is 0 Å². The van der Waals surface area contributed by atoms with Gasteiger partial charge in [-0.05, 0) is 51.4 Å². The van der Waals surface area contributed by atoms with Crippen LogP contribution in [0.2, 0.25) is 0 Å². The molecule has 0 spiro atoms. The van der Waals surface area contributed by atoms with Crippen LogP contribution < -0.4 is 0 Å². The molecule has 1 aliphatic rings. The molecule has 0 aliphatic carbocycles. The largest absolute Gasteiger partial charge is 0.462 e. The average molecular weight is 909 g/mol. The minimum atomic E-state index is -4.62. The molecule has 13 heteroatoms. The molecule has 1 aliphatic heterocycles. The van der Waals surface area contributed by atoms with Gasteiger partial charge in [-0.2, -0.15) is 8.42 Å². The number of esters is 2. The highest BCUT2D eigenvalue weighted by atomic mass is 32.2. The highest BCUT2D eigenvalue weighted by Gasteiger charge is 2.46. The summed E-state index contributed by atoms with van der Waals surface area (Å²) in [6, 6.07) is 0. The second-order valence-corrected chi connectivity index (χ2v) is 18.0. The summed E-state index contributed by atoms with van der Waals surface area (Å²) >= 11 is 0. The highest BCUT2D eigenvalue weighted by molar-refractivity contribution is 7.85. The molecular weight excluding hydrogens is 825 g/mol. The van der Waals surface area contributed by atoms with Crippen molar-refractivity contribution < 1.29 is 56.8 Å². The van der Waals surface area contributed by atoms with Crippen LogP contribution in [0, 0.1) is 0 Å². The van der Waals surface area contributed by atoms with Gasteiger partial charge >= 0.3 is 11.9 Å². The first-order valence-electron chi connectivity index (χ1n) is 24.1. The number of ether oxygens (including phenoxy) is 4. The molecule has 362 valence electrons. The maximum absolute atomic E-state index is 12.8. The lowest BCUT2D eigenvalue weighted by Gasteiger charge is -2.40. The van der Waals surface area contributed by atoms with Crippen molar-refractivity contribution in [2.45, 2.75) is 211 Å². The summed E-state index contributed by atoms with van der Waals surface area (Å²) in [5.41, 5.74) is 0. The van der Waals surface area contributed by atoms with E-state index in [0.29, 0.717) is 19.3 Å². The lowest BCUT2D eigenvalue weighted by Crippen LogP contribution is -2.60. The molecule has 4 N–H and O–H groups in total. The number of rotatable bonds is 39. The Hall–Kier alpha value is -2.91. The van der Waals surface area contributed by atoms with Crippen molar-refractivity contribution in [1.82, 2.24) is 0 Å². The predicted molar refractivity (Wildman–Crippen MR) is 252 cm³/mol. The number of carbonyl (C=O) groups excluding carboxylic acids is 2. The number of unbranched alkanes of at least 4 members (excludes halogenated alkanes) is 19. The van der Waals surface area contributed by atoms with Crippen LogP contribution in [0.4, 0.5) is 0 Å². The second-order valence-electron chi connectivity index (χ2n) is 16.5. The molecule has 0 radical (unpaired) electrons. The van der Waals surface area contributed by atoms with Crippen molar-refractivity contribution in [2.75, 3.05) is 19.0 Å². The molecule has 63 heavy (non-hydrogen) atoms. The lowest BCUT2D eigenvalue weighted by atomic mass is 10.00. The minimum Gasteiger partial charge on any atom is -0.462 e. The summed E-state index contributed by atoms with van der Waals surface area (Å²) in [5.74, 6) is -2.09. The zero-order chi connectivity index (χ0) is 46.2. The summed E-state index contributed by atoms with van der Waals surface area (Å²) in [4.78, 5) is 25.4. The van der Waals surface area contributed by atoms with E-state index in [2.05, 4.69) is 32.1 Å². The van der Waals surface area contributed by atoms with E-state index in [1.807, 2.05) is 54.7 Å². The number of carbonyl (C=O) groups is 2. The molecule has 0 bridgehead atoms. The van der Waals surface area contributed by atoms with Crippen molar-refractivity contribution in [1.29, 1.82) is 0 Å². The SMILES string of the molecule is CC/C=C/C=C/C=C/C=C/C=C/CCCC(=O)OC(COC(=O)CCCCCCCCC/C=C/CCCCCCCCCCCCC)CO[C@H]1O[C@H](CS(=O)(=O)O)[C@@H](O)C(O)C1O. The van der Waals surface area contributed by atoms with Gasteiger partial charge in [-0.1, -0.05) is 183 Å². The zero-order valence-corrected chi connectivity index (χ0v) is 39.5. The van der Waals surface area contributed by atoms with Crippen molar-refractivity contribution in [3.05, 3.63) is 72.9 Å². The average Bonchev–Trinajstić information content (AvgIpc) is 3.25. The number of hydrogen-bond acceptors (Lipinski definition) is 11. The van der Waals surface area contributed by atoms with Crippen molar-refractivity contribution in [3.8, 4) is 0 Å². The normalized spacial score (nSPS) is 20.4. The standard InChI is InChI=1S/C50H84O12S/c1-3-5-7-9-11-13-15-17-18-19-20-21-22-23-24-25-27-28-30-32-34-36-38-45(51)59-40-43(41-60-50-49(55)48(54)47(53)44(62-50)42-63(56,57)58)61-46(52)39-37-35-33-31-29-26-16-14-12-10-8-6-4-2/h6,8,10,12,14,16,22-23,26,29,31,33,43-44,47-50,53-55H,3-5,7,9,11,13,15,17-21,24-25,27-28,30,32,34-42H2,1-2H3,(H,56,57,58)/b8-6+,12-10+,16-14+,23-22+,29-26+,33-31+/t43?,44-,47-,48?,49?,50+/m1/s1. The van der Waals surface area contributed by atoms with Gasteiger partial charge in [0.25, 0.3) is 10.1 Å². The third kappa shape index (κ3) is 34.2. The van der Waals surface area contributed by atoms with E-state index in [4.69, 9.17) is 18.9 Å². The number of allylic oxidation sites excluding steroid dienone is 12. The molecule has 1 fully saturated rings. The fourth-order valence-electron chi connectivity index (χ4n) is 6.94. The van der Waals surface area contributed by atoms with Crippen LogP contribution in [0.5, 0.6) is 0 Å². The molecule has 0 amide bonds. The fourth-order valence-corrected chi connectivity index (χ4v) is 7.63. The van der Waals surface area contributed by atoms with Gasteiger partial charge in [-0.3, -0.25) is 14.1 Å². The molecule has 1 heterocycles. The molecule has 0 saturated carbocycles. The third-order valence-electron chi connectivity index (χ3n) is 10.6. The van der Waals surface area contributed by atoms with Crippen molar-refractivity contribution in [3.63, 3.8) is 0 Å². The molecule has 0 aromatic rings. The topological polar surface area (TPSA) is 186 Å². The van der Waals surface area contributed by atoms with Gasteiger partial charge < -0.3 is 34.3 Å². The summed E-state index contributed by atoms with van der Waals surface area (Å²) < 4.78 is 54.0. The Morgan fingerprint density at radius 1 is 0.556 bits per heavy atom. The molecule has 12 nitrogen and oxygen atoms in total. The Balaban J connectivity index is 2.41. The predicted octanol–water partition coefficient (Wildman–Crippen LogP) is 10.3. The van der Waals surface area contributed by atoms with Crippen LogP contribution >= 0.6 is 0 Å². The Morgan fingerprint density at radius 3 is 1.57 bits per heavy atom. The monoisotopic (exact) mass is 909 g/mol. The van der Waals surface area contributed by atoms with Crippen LogP contribution in [0.15, 0.2) is 72.9 Å². The van der Waals surface area contributed by atoms with Crippen molar-refractivity contribution in [2.24, 2.45) is 0 Å². The number of hydrogen-bond donors (Lipinski definition) is 4. The first-order valence-corrected chi connectivity index (χ1v) is 25.7. The molecule has 0 aromatic carbocycles. The van der Waals surface area contributed by atoms with E-state index in [9.17, 15) is 37.9 Å². The quantitative estimate of drug-likeness (QED) is 0.0151. The minimum absolute atomic E-state index is 0.0640. The summed E-state index contributed by atoms with van der Waals surface area (Å²) in [5, 5.41) is 30.9. The summed E-state index contributed by atoms with van der Waals surface area (Å²) in [7, 11) is -4.62. The van der Waals surface area contributed by atoms with E-state index >= 15 is 0 Å².